The molecule has 1 saturated carbocycles. The normalized spacial score (nSPS) is 15.4. The van der Waals surface area contributed by atoms with Crippen LogP contribution in [-0.2, 0) is 6.54 Å². The van der Waals surface area contributed by atoms with Crippen molar-refractivity contribution >= 4 is 11.8 Å². The Kier molecular flexibility index (Phi) is 4.52. The molecule has 1 aliphatic rings. The van der Waals surface area contributed by atoms with E-state index in [0.29, 0.717) is 28.8 Å². The lowest BCUT2D eigenvalue weighted by molar-refractivity contribution is 0.380. The minimum atomic E-state index is -0.278. The molecule has 0 spiro atoms. The number of thioether (sulfide) groups is 1. The Labute approximate surface area is 155 Å². The molecule has 0 saturated heterocycles. The first kappa shape index (κ1) is 17.2. The molecule has 136 valence electrons. The number of hydrogen-bond donors (Lipinski definition) is 0. The highest BCUT2D eigenvalue weighted by molar-refractivity contribution is 7.99. The van der Waals surface area contributed by atoms with Crippen LogP contribution in [0.15, 0.2) is 27.9 Å². The molecule has 8 heteroatoms. The van der Waals surface area contributed by atoms with Crippen LogP contribution >= 0.6 is 11.8 Å². The highest BCUT2D eigenvalue weighted by Gasteiger charge is 2.30. The van der Waals surface area contributed by atoms with Crippen LogP contribution in [0.2, 0.25) is 0 Å². The van der Waals surface area contributed by atoms with Crippen LogP contribution in [0.25, 0.3) is 11.4 Å². The molecular weight excluding hydrogens is 353 g/mol. The SMILES string of the molecule is CCn1c(SC(C)c2nc(-c3ccc(C)c(F)c3)no2)nnc1C1CC1. The molecule has 0 radical (unpaired) electrons. The van der Waals surface area contributed by atoms with Crippen molar-refractivity contribution in [3.05, 3.63) is 41.3 Å². The van der Waals surface area contributed by atoms with Gasteiger partial charge in [-0.1, -0.05) is 29.1 Å². The molecule has 1 aliphatic carbocycles. The molecule has 6 nitrogen and oxygen atoms in total. The number of benzene rings is 1. The van der Waals surface area contributed by atoms with Crippen molar-refractivity contribution in [3.8, 4) is 11.4 Å². The molecule has 3 aromatic rings. The van der Waals surface area contributed by atoms with E-state index in [1.54, 1.807) is 30.8 Å². The molecule has 1 fully saturated rings. The summed E-state index contributed by atoms with van der Waals surface area (Å²) in [4.78, 5) is 4.43. The summed E-state index contributed by atoms with van der Waals surface area (Å²) in [6, 6.07) is 4.93. The summed E-state index contributed by atoms with van der Waals surface area (Å²) in [6.07, 6.45) is 2.39. The number of aryl methyl sites for hydroxylation is 1. The quantitative estimate of drug-likeness (QED) is 0.592. The van der Waals surface area contributed by atoms with Gasteiger partial charge >= 0.3 is 0 Å². The third kappa shape index (κ3) is 3.25. The predicted octanol–water partition coefficient (Wildman–Crippen LogP) is 4.53. The lowest BCUT2D eigenvalue weighted by Gasteiger charge is -2.08. The summed E-state index contributed by atoms with van der Waals surface area (Å²) in [7, 11) is 0. The number of halogens is 1. The van der Waals surface area contributed by atoms with Crippen molar-refractivity contribution in [2.24, 2.45) is 0 Å². The van der Waals surface area contributed by atoms with Gasteiger partial charge in [0, 0.05) is 18.0 Å². The molecule has 26 heavy (non-hydrogen) atoms. The van der Waals surface area contributed by atoms with Gasteiger partial charge in [-0.3, -0.25) is 0 Å². The third-order valence-electron chi connectivity index (χ3n) is 4.51. The highest BCUT2D eigenvalue weighted by Crippen LogP contribution is 2.41. The van der Waals surface area contributed by atoms with Crippen LogP contribution in [-0.4, -0.2) is 24.9 Å². The minimum Gasteiger partial charge on any atom is -0.338 e. The van der Waals surface area contributed by atoms with Crippen LogP contribution < -0.4 is 0 Å². The molecule has 1 aromatic carbocycles. The van der Waals surface area contributed by atoms with Gasteiger partial charge in [0.25, 0.3) is 0 Å². The van der Waals surface area contributed by atoms with Crippen LogP contribution in [0.5, 0.6) is 0 Å². The molecule has 2 aromatic heterocycles. The van der Waals surface area contributed by atoms with E-state index in [9.17, 15) is 4.39 Å². The Morgan fingerprint density at radius 3 is 2.85 bits per heavy atom. The zero-order valence-electron chi connectivity index (χ0n) is 14.9. The highest BCUT2D eigenvalue weighted by atomic mass is 32.2. The second kappa shape index (κ2) is 6.83. The monoisotopic (exact) mass is 373 g/mol. The molecule has 4 rings (SSSR count). The summed E-state index contributed by atoms with van der Waals surface area (Å²) < 4.78 is 21.3. The van der Waals surface area contributed by atoms with Crippen molar-refractivity contribution in [1.29, 1.82) is 0 Å². The van der Waals surface area contributed by atoms with E-state index in [4.69, 9.17) is 4.52 Å². The molecule has 0 amide bonds. The topological polar surface area (TPSA) is 69.6 Å². The molecule has 0 bridgehead atoms. The zero-order valence-corrected chi connectivity index (χ0v) is 15.8. The zero-order chi connectivity index (χ0) is 18.3. The standard InChI is InChI=1S/C18H20FN5OS/c1-4-24-16(12-7-8-12)21-22-18(24)26-11(3)17-20-15(23-25-17)13-6-5-10(2)14(19)9-13/h5-6,9,11-12H,4,7-8H2,1-3H3. The minimum absolute atomic E-state index is 0.0758. The van der Waals surface area contributed by atoms with Crippen LogP contribution in [0.3, 0.4) is 0 Å². The number of nitrogens with zero attached hydrogens (tertiary/aromatic N) is 5. The second-order valence-electron chi connectivity index (χ2n) is 6.54. The van der Waals surface area contributed by atoms with Crippen molar-refractivity contribution in [3.63, 3.8) is 0 Å². The van der Waals surface area contributed by atoms with Crippen LogP contribution in [0.4, 0.5) is 4.39 Å². The van der Waals surface area contributed by atoms with E-state index in [-0.39, 0.29) is 11.1 Å². The Balaban J connectivity index is 1.53. The van der Waals surface area contributed by atoms with Gasteiger partial charge in [-0.25, -0.2) is 4.39 Å². The molecular formula is C18H20FN5OS. The molecule has 0 aliphatic heterocycles. The second-order valence-corrected chi connectivity index (χ2v) is 7.85. The summed E-state index contributed by atoms with van der Waals surface area (Å²) in [5, 5.41) is 13.5. The fourth-order valence-electron chi connectivity index (χ4n) is 2.79. The number of aromatic nitrogens is 5. The molecule has 2 heterocycles. The Bertz CT molecular complexity index is 934. The fraction of sp³-hybridized carbons (Fsp3) is 0.444. The van der Waals surface area contributed by atoms with E-state index in [1.807, 2.05) is 6.92 Å². The average Bonchev–Trinajstić information content (AvgIpc) is 3.20. The fourth-order valence-corrected chi connectivity index (χ4v) is 3.74. The van der Waals surface area contributed by atoms with Gasteiger partial charge in [0.05, 0.1) is 5.25 Å². The Morgan fingerprint density at radius 2 is 2.15 bits per heavy atom. The summed E-state index contributed by atoms with van der Waals surface area (Å²) in [5.74, 6) is 2.23. The smallest absolute Gasteiger partial charge is 0.240 e. The van der Waals surface area contributed by atoms with Crippen molar-refractivity contribution in [2.45, 2.75) is 56.5 Å². The van der Waals surface area contributed by atoms with Gasteiger partial charge in [-0.05, 0) is 45.2 Å². The summed E-state index contributed by atoms with van der Waals surface area (Å²) >= 11 is 1.55. The van der Waals surface area contributed by atoms with Crippen molar-refractivity contribution in [2.75, 3.05) is 0 Å². The van der Waals surface area contributed by atoms with E-state index < -0.39 is 0 Å². The van der Waals surface area contributed by atoms with Gasteiger partial charge in [-0.15, -0.1) is 10.2 Å². The molecule has 1 atom stereocenters. The predicted molar refractivity (Wildman–Crippen MR) is 96.4 cm³/mol. The van der Waals surface area contributed by atoms with E-state index >= 15 is 0 Å². The van der Waals surface area contributed by atoms with Gasteiger partial charge in [0.1, 0.15) is 11.6 Å². The van der Waals surface area contributed by atoms with Gasteiger partial charge < -0.3 is 9.09 Å². The van der Waals surface area contributed by atoms with Gasteiger partial charge in [0.2, 0.25) is 11.7 Å². The summed E-state index contributed by atoms with van der Waals surface area (Å²) in [5.41, 5.74) is 1.19. The lowest BCUT2D eigenvalue weighted by atomic mass is 10.1. The largest absolute Gasteiger partial charge is 0.338 e. The van der Waals surface area contributed by atoms with Crippen molar-refractivity contribution in [1.82, 2.24) is 24.9 Å². The lowest BCUT2D eigenvalue weighted by Crippen LogP contribution is -2.02. The average molecular weight is 373 g/mol. The van der Waals surface area contributed by atoms with Crippen molar-refractivity contribution < 1.29 is 8.91 Å². The summed E-state index contributed by atoms with van der Waals surface area (Å²) in [6.45, 7) is 6.65. The maximum absolute atomic E-state index is 13.8. The van der Waals surface area contributed by atoms with Crippen LogP contribution in [0.1, 0.15) is 55.1 Å². The maximum Gasteiger partial charge on any atom is 0.240 e. The van der Waals surface area contributed by atoms with E-state index in [2.05, 4.69) is 31.8 Å². The number of rotatable bonds is 6. The first-order valence-electron chi connectivity index (χ1n) is 8.76. The Morgan fingerprint density at radius 1 is 1.35 bits per heavy atom. The van der Waals surface area contributed by atoms with Gasteiger partial charge in [0.15, 0.2) is 5.16 Å². The number of hydrogen-bond acceptors (Lipinski definition) is 6. The van der Waals surface area contributed by atoms with E-state index in [1.165, 1.54) is 18.9 Å². The van der Waals surface area contributed by atoms with E-state index in [0.717, 1.165) is 17.5 Å². The molecule has 0 N–H and O–H groups in total. The molecule has 1 unspecified atom stereocenters. The van der Waals surface area contributed by atoms with Crippen LogP contribution in [0, 0.1) is 12.7 Å². The first-order valence-corrected chi connectivity index (χ1v) is 9.64. The first-order chi connectivity index (χ1) is 12.6. The maximum atomic E-state index is 13.8. The van der Waals surface area contributed by atoms with Gasteiger partial charge in [-0.2, -0.15) is 4.98 Å². The third-order valence-corrected chi connectivity index (χ3v) is 5.57. The Hall–Kier alpha value is -2.22.